The molecule has 1 unspecified atom stereocenters. The van der Waals surface area contributed by atoms with Crippen LogP contribution in [-0.4, -0.2) is 24.4 Å². The van der Waals surface area contributed by atoms with Crippen LogP contribution in [0.2, 0.25) is 0 Å². The van der Waals surface area contributed by atoms with Gasteiger partial charge in [0, 0.05) is 12.1 Å². The standard InChI is InChI=1S/C15H17ClN2O2/c1-2-6-12-15(20)18(10-5-9-16)13-8-4-3-7-11(13)14(19)17-12/h3-5,7-9,12H,2,6,10H2,1H3,(H,17,19)/b9-5+. The first-order valence-corrected chi connectivity index (χ1v) is 7.09. The molecule has 0 spiro atoms. The van der Waals surface area contributed by atoms with E-state index in [4.69, 9.17) is 11.6 Å². The van der Waals surface area contributed by atoms with Crippen LogP contribution in [0.1, 0.15) is 30.1 Å². The third kappa shape index (κ3) is 2.85. The zero-order chi connectivity index (χ0) is 14.5. The first-order chi connectivity index (χ1) is 9.69. The summed E-state index contributed by atoms with van der Waals surface area (Å²) in [7, 11) is 0. The minimum Gasteiger partial charge on any atom is -0.340 e. The quantitative estimate of drug-likeness (QED) is 0.927. The number of fused-ring (bicyclic) bond motifs is 1. The molecule has 106 valence electrons. The van der Waals surface area contributed by atoms with Gasteiger partial charge >= 0.3 is 0 Å². The summed E-state index contributed by atoms with van der Waals surface area (Å²) < 4.78 is 0. The molecule has 0 fully saturated rings. The van der Waals surface area contributed by atoms with Crippen molar-refractivity contribution in [2.75, 3.05) is 11.4 Å². The number of carbonyl (C=O) groups excluding carboxylic acids is 2. The normalized spacial score (nSPS) is 18.9. The second kappa shape index (κ2) is 6.57. The largest absolute Gasteiger partial charge is 0.340 e. The van der Waals surface area contributed by atoms with Crippen molar-refractivity contribution >= 4 is 29.1 Å². The molecule has 0 saturated heterocycles. The Morgan fingerprint density at radius 1 is 1.35 bits per heavy atom. The fraction of sp³-hybridized carbons (Fsp3) is 0.333. The summed E-state index contributed by atoms with van der Waals surface area (Å²) in [6, 6.07) is 6.63. The van der Waals surface area contributed by atoms with E-state index in [0.29, 0.717) is 24.2 Å². The topological polar surface area (TPSA) is 49.4 Å². The van der Waals surface area contributed by atoms with Crippen molar-refractivity contribution in [2.24, 2.45) is 0 Å². The minimum absolute atomic E-state index is 0.0973. The Hall–Kier alpha value is -1.81. The predicted octanol–water partition coefficient (Wildman–Crippen LogP) is 2.68. The molecular weight excluding hydrogens is 276 g/mol. The van der Waals surface area contributed by atoms with Crippen molar-refractivity contribution < 1.29 is 9.59 Å². The van der Waals surface area contributed by atoms with Crippen LogP contribution in [0.15, 0.2) is 35.9 Å². The van der Waals surface area contributed by atoms with Crippen LogP contribution >= 0.6 is 11.6 Å². The number of nitrogens with zero attached hydrogens (tertiary/aromatic N) is 1. The minimum atomic E-state index is -0.483. The van der Waals surface area contributed by atoms with E-state index in [2.05, 4.69) is 5.32 Å². The molecule has 20 heavy (non-hydrogen) atoms. The Bertz CT molecular complexity index is 542. The molecule has 0 radical (unpaired) electrons. The number of hydrogen-bond donors (Lipinski definition) is 1. The first kappa shape index (κ1) is 14.6. The maximum absolute atomic E-state index is 12.6. The smallest absolute Gasteiger partial charge is 0.254 e. The van der Waals surface area contributed by atoms with Gasteiger partial charge in [-0.05, 0) is 18.6 Å². The van der Waals surface area contributed by atoms with E-state index in [1.807, 2.05) is 13.0 Å². The lowest BCUT2D eigenvalue weighted by atomic mass is 10.1. The van der Waals surface area contributed by atoms with Crippen LogP contribution in [-0.2, 0) is 4.79 Å². The average Bonchev–Trinajstić information content (AvgIpc) is 2.55. The molecule has 1 heterocycles. The Labute approximate surface area is 123 Å². The van der Waals surface area contributed by atoms with Gasteiger partial charge in [0.15, 0.2) is 0 Å². The SMILES string of the molecule is CCCC1NC(=O)c2ccccc2N(C/C=C/Cl)C1=O. The fourth-order valence-corrected chi connectivity index (χ4v) is 2.40. The van der Waals surface area contributed by atoms with Crippen LogP contribution in [0.4, 0.5) is 5.69 Å². The Morgan fingerprint density at radius 2 is 2.10 bits per heavy atom. The summed E-state index contributed by atoms with van der Waals surface area (Å²) in [5.74, 6) is -0.301. The summed E-state index contributed by atoms with van der Waals surface area (Å²) >= 11 is 5.56. The van der Waals surface area contributed by atoms with Gasteiger partial charge in [-0.1, -0.05) is 43.2 Å². The molecule has 1 atom stereocenters. The average molecular weight is 293 g/mol. The van der Waals surface area contributed by atoms with Crippen LogP contribution in [0.25, 0.3) is 0 Å². The van der Waals surface area contributed by atoms with Gasteiger partial charge in [-0.2, -0.15) is 0 Å². The third-order valence-electron chi connectivity index (χ3n) is 3.26. The monoisotopic (exact) mass is 292 g/mol. The highest BCUT2D eigenvalue weighted by molar-refractivity contribution is 6.25. The van der Waals surface area contributed by atoms with Crippen molar-refractivity contribution in [3.63, 3.8) is 0 Å². The molecule has 1 aliphatic rings. The van der Waals surface area contributed by atoms with E-state index in [0.717, 1.165) is 6.42 Å². The van der Waals surface area contributed by atoms with E-state index >= 15 is 0 Å². The van der Waals surface area contributed by atoms with Crippen LogP contribution < -0.4 is 10.2 Å². The number of rotatable bonds is 4. The molecule has 0 aromatic heterocycles. The van der Waals surface area contributed by atoms with Crippen LogP contribution in [0.3, 0.4) is 0 Å². The zero-order valence-electron chi connectivity index (χ0n) is 11.3. The number of hydrogen-bond acceptors (Lipinski definition) is 2. The number of benzene rings is 1. The molecule has 0 saturated carbocycles. The van der Waals surface area contributed by atoms with Crippen molar-refractivity contribution in [1.29, 1.82) is 0 Å². The molecule has 1 aromatic carbocycles. The van der Waals surface area contributed by atoms with E-state index in [1.165, 1.54) is 5.54 Å². The van der Waals surface area contributed by atoms with E-state index < -0.39 is 6.04 Å². The summed E-state index contributed by atoms with van der Waals surface area (Å²) in [5, 5.41) is 2.80. The summed E-state index contributed by atoms with van der Waals surface area (Å²) in [6.07, 6.45) is 3.14. The van der Waals surface area contributed by atoms with Crippen LogP contribution in [0.5, 0.6) is 0 Å². The highest BCUT2D eigenvalue weighted by atomic mass is 35.5. The van der Waals surface area contributed by atoms with Gasteiger partial charge in [-0.15, -0.1) is 0 Å². The number of amides is 2. The lowest BCUT2D eigenvalue weighted by Crippen LogP contribution is -2.45. The van der Waals surface area contributed by atoms with E-state index in [1.54, 1.807) is 29.2 Å². The highest BCUT2D eigenvalue weighted by Crippen LogP contribution is 2.25. The molecule has 0 aliphatic carbocycles. The molecule has 1 N–H and O–H groups in total. The third-order valence-corrected chi connectivity index (χ3v) is 3.44. The number of anilines is 1. The second-order valence-corrected chi connectivity index (χ2v) is 4.89. The molecule has 2 rings (SSSR count). The van der Waals surface area contributed by atoms with Crippen LogP contribution in [0, 0.1) is 0 Å². The number of para-hydroxylation sites is 1. The van der Waals surface area contributed by atoms with Crippen molar-refractivity contribution in [3.05, 3.63) is 41.4 Å². The Morgan fingerprint density at radius 3 is 2.80 bits per heavy atom. The fourth-order valence-electron chi connectivity index (χ4n) is 2.32. The maximum atomic E-state index is 12.6. The summed E-state index contributed by atoms with van der Waals surface area (Å²) in [5.41, 5.74) is 2.52. The highest BCUT2D eigenvalue weighted by Gasteiger charge is 2.32. The zero-order valence-corrected chi connectivity index (χ0v) is 12.1. The summed E-state index contributed by atoms with van der Waals surface area (Å²) in [6.45, 7) is 2.34. The van der Waals surface area contributed by atoms with Gasteiger partial charge in [0.2, 0.25) is 5.91 Å². The Kier molecular flexibility index (Phi) is 4.79. The Balaban J connectivity index is 2.45. The van der Waals surface area contributed by atoms with Crippen molar-refractivity contribution in [2.45, 2.75) is 25.8 Å². The van der Waals surface area contributed by atoms with Gasteiger partial charge in [0.05, 0.1) is 11.3 Å². The summed E-state index contributed by atoms with van der Waals surface area (Å²) in [4.78, 5) is 26.4. The number of halogens is 1. The molecule has 5 heteroatoms. The van der Waals surface area contributed by atoms with Gasteiger partial charge in [-0.3, -0.25) is 9.59 Å². The lowest BCUT2D eigenvalue weighted by molar-refractivity contribution is -0.120. The molecule has 0 bridgehead atoms. The molecule has 2 amide bonds. The molecule has 4 nitrogen and oxygen atoms in total. The molecular formula is C15H17ClN2O2. The van der Waals surface area contributed by atoms with Crippen molar-refractivity contribution in [3.8, 4) is 0 Å². The second-order valence-electron chi connectivity index (χ2n) is 4.64. The predicted molar refractivity (Wildman–Crippen MR) is 80.0 cm³/mol. The first-order valence-electron chi connectivity index (χ1n) is 6.65. The van der Waals surface area contributed by atoms with Gasteiger partial charge in [0.25, 0.3) is 5.91 Å². The molecule has 1 aromatic rings. The van der Waals surface area contributed by atoms with Gasteiger partial charge in [-0.25, -0.2) is 0 Å². The van der Waals surface area contributed by atoms with Gasteiger partial charge in [0.1, 0.15) is 6.04 Å². The van der Waals surface area contributed by atoms with E-state index in [9.17, 15) is 9.59 Å². The lowest BCUT2D eigenvalue weighted by Gasteiger charge is -2.23. The number of carbonyl (C=O) groups is 2. The maximum Gasteiger partial charge on any atom is 0.254 e. The van der Waals surface area contributed by atoms with Gasteiger partial charge < -0.3 is 10.2 Å². The molecule has 1 aliphatic heterocycles. The van der Waals surface area contributed by atoms with Crippen molar-refractivity contribution in [1.82, 2.24) is 5.32 Å². The van der Waals surface area contributed by atoms with E-state index in [-0.39, 0.29) is 11.8 Å². The number of nitrogens with one attached hydrogen (secondary N) is 1.